The van der Waals surface area contributed by atoms with Crippen molar-refractivity contribution in [1.29, 1.82) is 0 Å². The third-order valence-electron chi connectivity index (χ3n) is 4.16. The van der Waals surface area contributed by atoms with E-state index in [1.165, 1.54) is 22.3 Å². The summed E-state index contributed by atoms with van der Waals surface area (Å²) < 4.78 is 0. The van der Waals surface area contributed by atoms with Crippen LogP contribution in [0.3, 0.4) is 0 Å². The van der Waals surface area contributed by atoms with Gasteiger partial charge in [-0.3, -0.25) is 0 Å². The van der Waals surface area contributed by atoms with Gasteiger partial charge in [0.1, 0.15) is 0 Å². The predicted molar refractivity (Wildman–Crippen MR) is 108 cm³/mol. The van der Waals surface area contributed by atoms with Gasteiger partial charge in [-0.25, -0.2) is 0 Å². The maximum Gasteiger partial charge on any atom is 4.00 e. The summed E-state index contributed by atoms with van der Waals surface area (Å²) in [5.41, 5.74) is 7.57. The van der Waals surface area contributed by atoms with E-state index < -0.39 is 0 Å². The molecule has 2 aromatic carbocycles. The third-order valence-corrected chi connectivity index (χ3v) is 4.16. The second-order valence-electron chi connectivity index (χ2n) is 6.20. The molecule has 0 aromatic heterocycles. The van der Waals surface area contributed by atoms with E-state index in [0.29, 0.717) is 0 Å². The van der Waals surface area contributed by atoms with Crippen LogP contribution >= 0.6 is 0 Å². The molecular formula is C22H32Cl2N2Zr. The molecule has 0 radical (unpaired) electrons. The van der Waals surface area contributed by atoms with E-state index in [1.807, 2.05) is 0 Å². The average molecular weight is 487 g/mol. The molecule has 0 fully saturated rings. The number of rotatable bonds is 6. The van der Waals surface area contributed by atoms with Gasteiger partial charge in [-0.1, -0.05) is 74.2 Å². The Hall–Kier alpha value is -0.497. The van der Waals surface area contributed by atoms with Gasteiger partial charge in [-0.05, 0) is 38.8 Å². The topological polar surface area (TPSA) is 28.2 Å². The molecule has 2 rings (SSSR count). The van der Waals surface area contributed by atoms with Crippen molar-refractivity contribution in [2.75, 3.05) is 13.1 Å². The molecule has 0 aliphatic carbocycles. The zero-order chi connectivity index (χ0) is 17.9. The van der Waals surface area contributed by atoms with Gasteiger partial charge in [0, 0.05) is 0 Å². The molecule has 0 aliphatic heterocycles. The van der Waals surface area contributed by atoms with Crippen molar-refractivity contribution in [2.45, 2.75) is 54.4 Å². The van der Waals surface area contributed by atoms with Crippen molar-refractivity contribution in [2.24, 2.45) is 0 Å². The van der Waals surface area contributed by atoms with Crippen molar-refractivity contribution < 1.29 is 51.0 Å². The number of nitrogens with zero attached hydrogens (tertiary/aromatic N) is 2. The van der Waals surface area contributed by atoms with Crippen LogP contribution in [0.15, 0.2) is 36.4 Å². The molecule has 0 N–H and O–H groups in total. The maximum absolute atomic E-state index is 4.49. The summed E-state index contributed by atoms with van der Waals surface area (Å²) in [6.45, 7) is 14.7. The molecule has 2 aromatic rings. The van der Waals surface area contributed by atoms with E-state index in [-0.39, 0.29) is 51.0 Å². The monoisotopic (exact) mass is 484 g/mol. The number of hydrogen-bond donors (Lipinski definition) is 0. The number of halogens is 2. The molecule has 0 saturated carbocycles. The first-order chi connectivity index (χ1) is 11.5. The number of benzene rings is 2. The molecule has 2 nitrogen and oxygen atoms in total. The van der Waals surface area contributed by atoms with E-state index in [4.69, 9.17) is 0 Å². The minimum atomic E-state index is 0. The Morgan fingerprint density at radius 1 is 0.630 bits per heavy atom. The van der Waals surface area contributed by atoms with Crippen LogP contribution in [0.4, 0.5) is 11.4 Å². The standard InChI is InChI=1S/2C11H16N.2ClH.Zr/c2*1-4-8-12-11-7-5-6-9(2)10(11)3;;;/h2*5-7H,4,8H2,1-3H3;2*1H;/q2*-1;;;+4/p-2. The minimum absolute atomic E-state index is 0. The van der Waals surface area contributed by atoms with E-state index >= 15 is 0 Å². The van der Waals surface area contributed by atoms with Gasteiger partial charge in [0.25, 0.3) is 0 Å². The molecule has 0 aliphatic rings. The van der Waals surface area contributed by atoms with Gasteiger partial charge in [0.15, 0.2) is 0 Å². The molecule has 148 valence electrons. The Morgan fingerprint density at radius 3 is 1.26 bits per heavy atom. The van der Waals surface area contributed by atoms with Gasteiger partial charge in [-0.2, -0.15) is 0 Å². The van der Waals surface area contributed by atoms with Gasteiger partial charge in [0.05, 0.1) is 0 Å². The van der Waals surface area contributed by atoms with Crippen molar-refractivity contribution in [3.63, 3.8) is 0 Å². The molecule has 0 heterocycles. The Labute approximate surface area is 198 Å². The van der Waals surface area contributed by atoms with Crippen LogP contribution in [0, 0.1) is 27.7 Å². The second kappa shape index (κ2) is 17.6. The van der Waals surface area contributed by atoms with Crippen LogP contribution in [-0.4, -0.2) is 13.1 Å². The number of hydrogen-bond acceptors (Lipinski definition) is 0. The van der Waals surface area contributed by atoms with E-state index in [2.05, 4.69) is 88.6 Å². The molecule has 5 heteroatoms. The van der Waals surface area contributed by atoms with Crippen LogP contribution in [-0.2, 0) is 26.2 Å². The van der Waals surface area contributed by atoms with Gasteiger partial charge >= 0.3 is 26.2 Å². The van der Waals surface area contributed by atoms with E-state index in [0.717, 1.165) is 37.3 Å². The Kier molecular flexibility index (Phi) is 20.3. The third kappa shape index (κ3) is 11.2. The predicted octanol–water partition coefficient (Wildman–Crippen LogP) is 1.44. The van der Waals surface area contributed by atoms with Gasteiger partial charge in [0.2, 0.25) is 0 Å². The summed E-state index contributed by atoms with van der Waals surface area (Å²) in [4.78, 5) is 0. The normalized spacial score (nSPS) is 8.81. The van der Waals surface area contributed by atoms with Crippen molar-refractivity contribution in [3.05, 3.63) is 69.3 Å². The fourth-order valence-electron chi connectivity index (χ4n) is 2.28. The summed E-state index contributed by atoms with van der Waals surface area (Å²) in [5.74, 6) is 0. The second-order valence-corrected chi connectivity index (χ2v) is 6.20. The van der Waals surface area contributed by atoms with Gasteiger partial charge < -0.3 is 35.4 Å². The molecular weight excluding hydrogens is 454 g/mol. The summed E-state index contributed by atoms with van der Waals surface area (Å²) in [5, 5.41) is 8.97. The molecule has 0 saturated heterocycles. The SMILES string of the molecule is CCC[N-]c1cccc(C)c1C.CCC[N-]c1cccc(C)c1C.[Cl-].[Cl-].[Zr+4]. The summed E-state index contributed by atoms with van der Waals surface area (Å²) in [6.07, 6.45) is 2.24. The molecule has 0 amide bonds. The zero-order valence-electron chi connectivity index (χ0n) is 17.4. The van der Waals surface area contributed by atoms with Crippen LogP contribution < -0.4 is 24.8 Å². The molecule has 0 bridgehead atoms. The van der Waals surface area contributed by atoms with Gasteiger partial charge in [-0.15, -0.1) is 24.5 Å². The minimum Gasteiger partial charge on any atom is -1.00 e. The first-order valence-electron chi connectivity index (χ1n) is 8.98. The summed E-state index contributed by atoms with van der Waals surface area (Å²) in [6, 6.07) is 12.5. The van der Waals surface area contributed by atoms with Crippen molar-refractivity contribution in [1.82, 2.24) is 0 Å². The smallest absolute Gasteiger partial charge is 1.00 e. The first kappa shape index (κ1) is 31.2. The molecule has 0 unspecified atom stereocenters. The Morgan fingerprint density at radius 2 is 0.963 bits per heavy atom. The zero-order valence-corrected chi connectivity index (χ0v) is 21.4. The molecule has 0 atom stereocenters. The van der Waals surface area contributed by atoms with Crippen molar-refractivity contribution in [3.8, 4) is 0 Å². The fourth-order valence-corrected chi connectivity index (χ4v) is 2.28. The number of aryl methyl sites for hydroxylation is 2. The van der Waals surface area contributed by atoms with Crippen LogP contribution in [0.25, 0.3) is 10.6 Å². The Bertz CT molecular complexity index is 578. The van der Waals surface area contributed by atoms with Crippen LogP contribution in [0.1, 0.15) is 48.9 Å². The van der Waals surface area contributed by atoms with E-state index in [1.54, 1.807) is 0 Å². The molecule has 0 spiro atoms. The Balaban J connectivity index is -0.000000384. The van der Waals surface area contributed by atoms with Crippen LogP contribution in [0.2, 0.25) is 0 Å². The fraction of sp³-hybridized carbons (Fsp3) is 0.455. The first-order valence-corrected chi connectivity index (χ1v) is 8.98. The maximum atomic E-state index is 4.49. The van der Waals surface area contributed by atoms with Crippen LogP contribution in [0.5, 0.6) is 0 Å². The summed E-state index contributed by atoms with van der Waals surface area (Å²) >= 11 is 0. The summed E-state index contributed by atoms with van der Waals surface area (Å²) in [7, 11) is 0. The van der Waals surface area contributed by atoms with Crippen molar-refractivity contribution >= 4 is 11.4 Å². The largest absolute Gasteiger partial charge is 4.00 e. The van der Waals surface area contributed by atoms with E-state index in [9.17, 15) is 0 Å². The average Bonchev–Trinajstić information content (AvgIpc) is 2.58. The quantitative estimate of drug-likeness (QED) is 0.592. The molecule has 27 heavy (non-hydrogen) atoms.